The number of aliphatic carboxylic acids is 1. The first-order valence-electron chi connectivity index (χ1n) is 2.97. The van der Waals surface area contributed by atoms with Crippen LogP contribution >= 0.6 is 0 Å². The van der Waals surface area contributed by atoms with Crippen molar-refractivity contribution in [3.05, 3.63) is 12.3 Å². The van der Waals surface area contributed by atoms with Gasteiger partial charge in [-0.2, -0.15) is 0 Å². The van der Waals surface area contributed by atoms with E-state index < -0.39 is 5.97 Å². The van der Waals surface area contributed by atoms with Crippen molar-refractivity contribution in [2.24, 2.45) is 0 Å². The Bertz CT molecular complexity index is 146. The molecule has 0 aliphatic carbocycles. The Hall–Kier alpha value is -1.07. The minimum atomic E-state index is -1.14. The normalized spacial score (nSPS) is 9.18. The number of hydroxylamine groups is 1. The van der Waals surface area contributed by atoms with Crippen molar-refractivity contribution < 1.29 is 19.5 Å². The minimum absolute atomic E-state index is 0.193. The summed E-state index contributed by atoms with van der Waals surface area (Å²) in [7, 11) is 1.52. The molecule has 0 bridgehead atoms. The Morgan fingerprint density at radius 1 is 1.64 bits per heavy atom. The summed E-state index contributed by atoms with van der Waals surface area (Å²) in [6.45, 7) is 3.86. The molecule has 0 radical (unpaired) electrons. The van der Waals surface area contributed by atoms with Crippen molar-refractivity contribution >= 4 is 5.97 Å². The molecule has 64 valence electrons. The standard InChI is InChI=1S/C6H11NO4/c1-5(6(8)9)7-11-4-3-10-2/h7H,1,3-4H2,2H3,(H,8,9). The van der Waals surface area contributed by atoms with Crippen molar-refractivity contribution in [1.82, 2.24) is 5.48 Å². The Morgan fingerprint density at radius 3 is 2.73 bits per heavy atom. The van der Waals surface area contributed by atoms with Crippen LogP contribution in [0.2, 0.25) is 0 Å². The van der Waals surface area contributed by atoms with Gasteiger partial charge in [-0.05, 0) is 0 Å². The third-order valence-corrected chi connectivity index (χ3v) is 0.843. The van der Waals surface area contributed by atoms with Crippen LogP contribution in [0.5, 0.6) is 0 Å². The first-order chi connectivity index (χ1) is 5.18. The van der Waals surface area contributed by atoms with E-state index >= 15 is 0 Å². The van der Waals surface area contributed by atoms with E-state index in [1.54, 1.807) is 0 Å². The lowest BCUT2D eigenvalue weighted by molar-refractivity contribution is -0.134. The lowest BCUT2D eigenvalue weighted by Gasteiger charge is -2.04. The number of carboxylic acid groups (broad SMARTS) is 1. The van der Waals surface area contributed by atoms with Crippen LogP contribution < -0.4 is 5.48 Å². The van der Waals surface area contributed by atoms with Gasteiger partial charge >= 0.3 is 5.97 Å². The zero-order valence-corrected chi connectivity index (χ0v) is 6.29. The molecule has 0 rings (SSSR count). The highest BCUT2D eigenvalue weighted by Crippen LogP contribution is 1.82. The van der Waals surface area contributed by atoms with E-state index in [4.69, 9.17) is 5.11 Å². The molecule has 0 unspecified atom stereocenters. The molecular weight excluding hydrogens is 150 g/mol. The molecule has 0 atom stereocenters. The molecule has 0 aromatic heterocycles. The maximum atomic E-state index is 10.1. The van der Waals surface area contributed by atoms with Crippen LogP contribution in [-0.4, -0.2) is 31.4 Å². The largest absolute Gasteiger partial charge is 0.477 e. The summed E-state index contributed by atoms with van der Waals surface area (Å²) >= 11 is 0. The molecule has 0 fully saturated rings. The number of carboxylic acids is 1. The molecule has 0 aromatic carbocycles. The summed E-state index contributed by atoms with van der Waals surface area (Å²) in [5.74, 6) is -1.14. The second kappa shape index (κ2) is 5.70. The molecule has 0 saturated heterocycles. The number of rotatable bonds is 6. The van der Waals surface area contributed by atoms with Gasteiger partial charge in [-0.3, -0.25) is 10.3 Å². The minimum Gasteiger partial charge on any atom is -0.477 e. The van der Waals surface area contributed by atoms with Crippen molar-refractivity contribution in [2.45, 2.75) is 0 Å². The summed E-state index contributed by atoms with van der Waals surface area (Å²) in [6, 6.07) is 0. The maximum Gasteiger partial charge on any atom is 0.353 e. The van der Waals surface area contributed by atoms with Gasteiger partial charge < -0.3 is 9.84 Å². The highest BCUT2D eigenvalue weighted by Gasteiger charge is 2.01. The van der Waals surface area contributed by atoms with Gasteiger partial charge in [-0.1, -0.05) is 6.58 Å². The van der Waals surface area contributed by atoms with E-state index in [-0.39, 0.29) is 12.3 Å². The van der Waals surface area contributed by atoms with Crippen LogP contribution in [0.3, 0.4) is 0 Å². The summed E-state index contributed by atoms with van der Waals surface area (Å²) in [6.07, 6.45) is 0. The number of ether oxygens (including phenoxy) is 1. The highest BCUT2D eigenvalue weighted by molar-refractivity contribution is 5.84. The molecule has 2 N–H and O–H groups in total. The first-order valence-corrected chi connectivity index (χ1v) is 2.97. The highest BCUT2D eigenvalue weighted by atomic mass is 16.7. The van der Waals surface area contributed by atoms with Crippen molar-refractivity contribution in [1.29, 1.82) is 0 Å². The lowest BCUT2D eigenvalue weighted by Crippen LogP contribution is -2.21. The molecule has 0 spiro atoms. The monoisotopic (exact) mass is 161 g/mol. The Morgan fingerprint density at radius 2 is 2.27 bits per heavy atom. The smallest absolute Gasteiger partial charge is 0.353 e. The van der Waals surface area contributed by atoms with Crippen LogP contribution in [0.4, 0.5) is 0 Å². The number of nitrogens with one attached hydrogen (secondary N) is 1. The molecule has 0 aromatic rings. The van der Waals surface area contributed by atoms with E-state index in [0.717, 1.165) is 0 Å². The molecule has 11 heavy (non-hydrogen) atoms. The van der Waals surface area contributed by atoms with Gasteiger partial charge in [0.2, 0.25) is 0 Å². The van der Waals surface area contributed by atoms with Gasteiger partial charge in [-0.15, -0.1) is 0 Å². The topological polar surface area (TPSA) is 67.8 Å². The zero-order valence-electron chi connectivity index (χ0n) is 6.29. The van der Waals surface area contributed by atoms with Gasteiger partial charge in [0, 0.05) is 7.11 Å². The second-order valence-electron chi connectivity index (χ2n) is 1.73. The molecule has 5 nitrogen and oxygen atoms in total. The molecule has 0 amide bonds. The van der Waals surface area contributed by atoms with Crippen LogP contribution in [0.15, 0.2) is 12.3 Å². The molecule has 0 heterocycles. The predicted octanol–water partition coefficient (Wildman–Crippen LogP) is -0.248. The second-order valence-corrected chi connectivity index (χ2v) is 1.73. The Balaban J connectivity index is 3.25. The average molecular weight is 161 g/mol. The van der Waals surface area contributed by atoms with E-state index in [2.05, 4.69) is 21.6 Å². The number of hydrogen-bond acceptors (Lipinski definition) is 4. The summed E-state index contributed by atoms with van der Waals surface area (Å²) in [4.78, 5) is 14.7. The van der Waals surface area contributed by atoms with E-state index in [1.165, 1.54) is 7.11 Å². The van der Waals surface area contributed by atoms with Crippen LogP contribution in [0, 0.1) is 0 Å². The maximum absolute atomic E-state index is 10.1. The van der Waals surface area contributed by atoms with Gasteiger partial charge in [0.15, 0.2) is 0 Å². The molecular formula is C6H11NO4. The Labute approximate surface area is 64.6 Å². The van der Waals surface area contributed by atoms with Gasteiger partial charge in [-0.25, -0.2) is 4.79 Å². The van der Waals surface area contributed by atoms with Crippen LogP contribution in [0.1, 0.15) is 0 Å². The third kappa shape index (κ3) is 5.38. The average Bonchev–Trinajstić information content (AvgIpc) is 1.97. The van der Waals surface area contributed by atoms with Crippen molar-refractivity contribution in [2.75, 3.05) is 20.3 Å². The fourth-order valence-corrected chi connectivity index (χ4v) is 0.307. The number of carbonyl (C=O) groups is 1. The van der Waals surface area contributed by atoms with Gasteiger partial charge in [0.25, 0.3) is 0 Å². The van der Waals surface area contributed by atoms with Crippen LogP contribution in [0.25, 0.3) is 0 Å². The van der Waals surface area contributed by atoms with Crippen molar-refractivity contribution in [3.63, 3.8) is 0 Å². The molecule has 5 heteroatoms. The van der Waals surface area contributed by atoms with E-state index in [0.29, 0.717) is 6.61 Å². The van der Waals surface area contributed by atoms with Crippen molar-refractivity contribution in [3.8, 4) is 0 Å². The number of methoxy groups -OCH3 is 1. The fraction of sp³-hybridized carbons (Fsp3) is 0.500. The molecule has 0 aliphatic rings. The lowest BCUT2D eigenvalue weighted by atomic mass is 10.5. The Kier molecular flexibility index (Phi) is 5.14. The summed E-state index contributed by atoms with van der Waals surface area (Å²) in [5, 5.41) is 8.27. The van der Waals surface area contributed by atoms with Gasteiger partial charge in [0.05, 0.1) is 13.2 Å². The van der Waals surface area contributed by atoms with E-state index in [1.807, 2.05) is 0 Å². The van der Waals surface area contributed by atoms with E-state index in [9.17, 15) is 4.79 Å². The molecule has 0 aliphatic heterocycles. The molecule has 0 saturated carbocycles. The first kappa shape index (κ1) is 9.93. The predicted molar refractivity (Wildman–Crippen MR) is 37.7 cm³/mol. The fourth-order valence-electron chi connectivity index (χ4n) is 0.307. The van der Waals surface area contributed by atoms with Gasteiger partial charge in [0.1, 0.15) is 5.70 Å². The van der Waals surface area contributed by atoms with Crippen LogP contribution in [-0.2, 0) is 14.4 Å². The summed E-state index contributed by atoms with van der Waals surface area (Å²) in [5.41, 5.74) is 1.95. The third-order valence-electron chi connectivity index (χ3n) is 0.843. The summed E-state index contributed by atoms with van der Waals surface area (Å²) < 4.78 is 4.64. The zero-order chi connectivity index (χ0) is 8.69. The SMILES string of the molecule is C=C(NOCCOC)C(=O)O. The quantitative estimate of drug-likeness (QED) is 0.319. The number of hydrogen-bond donors (Lipinski definition) is 2.